The number of nitrogens with zero attached hydrogens (tertiary/aromatic N) is 1. The Hall–Kier alpha value is -0.265. The Bertz CT molecular complexity index is 21.2. The standard InChI is InChI=1S/C2H4BN/c1-4-2-3/h2H,1H3. The fraction of sp³-hybridized carbons (Fsp3) is 0.500. The summed E-state index contributed by atoms with van der Waals surface area (Å²) in [4.78, 5) is 3.39. The van der Waals surface area contributed by atoms with Crippen molar-refractivity contribution in [2.75, 3.05) is 7.05 Å². The average molecular weight is 52.9 g/mol. The number of aliphatic imine (C=N–C) groups is 1. The summed E-state index contributed by atoms with van der Waals surface area (Å²) < 4.78 is 0. The fourth-order valence-corrected chi connectivity index (χ4v) is 0. The molecule has 0 aliphatic heterocycles. The van der Waals surface area contributed by atoms with E-state index in [1.165, 1.54) is 6.11 Å². The highest BCUT2D eigenvalue weighted by Crippen LogP contribution is 1.33. The Balaban J connectivity index is 2.55. The van der Waals surface area contributed by atoms with Crippen LogP contribution in [0.2, 0.25) is 0 Å². The van der Waals surface area contributed by atoms with Crippen molar-refractivity contribution in [3.8, 4) is 0 Å². The molecule has 4 heavy (non-hydrogen) atoms. The van der Waals surface area contributed by atoms with Crippen LogP contribution in [0.3, 0.4) is 0 Å². The SMILES string of the molecule is [B]C=NC. The molecule has 0 saturated carbocycles. The quantitative estimate of drug-likeness (QED) is 0.268. The maximum atomic E-state index is 4.74. The van der Waals surface area contributed by atoms with Crippen LogP contribution in [-0.4, -0.2) is 21.0 Å². The molecule has 0 aromatic heterocycles. The van der Waals surface area contributed by atoms with Gasteiger partial charge in [-0.15, -0.1) is 0 Å². The lowest BCUT2D eigenvalue weighted by molar-refractivity contribution is 1.49. The zero-order valence-corrected chi connectivity index (χ0v) is 2.60. The Morgan fingerprint density at radius 1 is 2.00 bits per heavy atom. The van der Waals surface area contributed by atoms with Gasteiger partial charge in [0.25, 0.3) is 0 Å². The largest absolute Gasteiger partial charge is 0.312 e. The average Bonchev–Trinajstić information content (AvgIpc) is 1.37. The van der Waals surface area contributed by atoms with Crippen molar-refractivity contribution in [2.45, 2.75) is 0 Å². The lowest BCUT2D eigenvalue weighted by atomic mass is 10.2. The maximum Gasteiger partial charge on any atom is 0.129 e. The van der Waals surface area contributed by atoms with Crippen molar-refractivity contribution in [2.24, 2.45) is 4.99 Å². The predicted molar refractivity (Wildman–Crippen MR) is 20.2 cm³/mol. The molecule has 0 aromatic rings. The summed E-state index contributed by atoms with van der Waals surface area (Å²) in [6.45, 7) is 0. The van der Waals surface area contributed by atoms with Gasteiger partial charge in [-0.2, -0.15) is 0 Å². The summed E-state index contributed by atoms with van der Waals surface area (Å²) in [5.74, 6) is 0. The number of hydrogen-bond acceptors (Lipinski definition) is 1. The molecule has 20 valence electrons. The van der Waals surface area contributed by atoms with E-state index in [4.69, 9.17) is 7.85 Å². The van der Waals surface area contributed by atoms with Gasteiger partial charge in [-0.05, 0) is 0 Å². The van der Waals surface area contributed by atoms with Crippen LogP contribution in [0.15, 0.2) is 4.99 Å². The molecule has 0 unspecified atom stereocenters. The summed E-state index contributed by atoms with van der Waals surface area (Å²) in [6, 6.07) is 0. The van der Waals surface area contributed by atoms with Gasteiger partial charge in [0.1, 0.15) is 7.85 Å². The normalized spacial score (nSPS) is 9.25. The van der Waals surface area contributed by atoms with E-state index in [2.05, 4.69) is 4.99 Å². The van der Waals surface area contributed by atoms with Crippen LogP contribution in [0.25, 0.3) is 0 Å². The molecule has 0 spiro atoms. The highest BCUT2D eigenvalue weighted by atomic mass is 14.6. The van der Waals surface area contributed by atoms with Gasteiger partial charge in [-0.3, -0.25) is 0 Å². The minimum Gasteiger partial charge on any atom is -0.312 e. The molecule has 0 bridgehead atoms. The van der Waals surface area contributed by atoms with E-state index in [0.717, 1.165) is 0 Å². The lowest BCUT2D eigenvalue weighted by Gasteiger charge is -1.53. The zero-order chi connectivity index (χ0) is 3.41. The third kappa shape index (κ3) is 1.73. The lowest BCUT2D eigenvalue weighted by Crippen LogP contribution is -1.59. The Labute approximate surface area is 27.2 Å². The van der Waals surface area contributed by atoms with Crippen molar-refractivity contribution < 1.29 is 0 Å². The van der Waals surface area contributed by atoms with E-state index in [1.807, 2.05) is 0 Å². The second-order valence-electron chi connectivity index (χ2n) is 0.407. The maximum absolute atomic E-state index is 4.74. The molecule has 0 fully saturated rings. The van der Waals surface area contributed by atoms with Crippen LogP contribution in [0.4, 0.5) is 0 Å². The highest BCUT2D eigenvalue weighted by Gasteiger charge is 1.34. The monoisotopic (exact) mass is 53.0 g/mol. The van der Waals surface area contributed by atoms with E-state index >= 15 is 0 Å². The molecule has 0 atom stereocenters. The first-order valence-corrected chi connectivity index (χ1v) is 1.04. The van der Waals surface area contributed by atoms with Crippen molar-refractivity contribution in [3.05, 3.63) is 0 Å². The predicted octanol–water partition coefficient (Wildman–Crippen LogP) is -0.187. The second kappa shape index (κ2) is 2.73. The topological polar surface area (TPSA) is 12.4 Å². The van der Waals surface area contributed by atoms with Crippen molar-refractivity contribution >= 4 is 14.0 Å². The van der Waals surface area contributed by atoms with Crippen molar-refractivity contribution in [1.29, 1.82) is 0 Å². The van der Waals surface area contributed by atoms with Crippen LogP contribution in [0.5, 0.6) is 0 Å². The molecule has 0 aromatic carbocycles. The van der Waals surface area contributed by atoms with Gasteiger partial charge in [0.15, 0.2) is 0 Å². The van der Waals surface area contributed by atoms with E-state index < -0.39 is 0 Å². The third-order valence-electron chi connectivity index (χ3n) is 0.149. The van der Waals surface area contributed by atoms with Gasteiger partial charge in [0.2, 0.25) is 0 Å². The van der Waals surface area contributed by atoms with Crippen LogP contribution in [-0.2, 0) is 0 Å². The first kappa shape index (κ1) is 3.73. The molecular formula is C2H4BN. The van der Waals surface area contributed by atoms with Gasteiger partial charge >= 0.3 is 0 Å². The molecule has 0 N–H and O–H groups in total. The Morgan fingerprint density at radius 2 is 2.25 bits per heavy atom. The molecular weight excluding hydrogens is 48.8 g/mol. The third-order valence-corrected chi connectivity index (χ3v) is 0.149. The van der Waals surface area contributed by atoms with Gasteiger partial charge < -0.3 is 4.99 Å². The molecule has 2 heteroatoms. The summed E-state index contributed by atoms with van der Waals surface area (Å²) in [5.41, 5.74) is 0. The summed E-state index contributed by atoms with van der Waals surface area (Å²) >= 11 is 0. The molecule has 1 nitrogen and oxygen atoms in total. The molecule has 0 aliphatic rings. The van der Waals surface area contributed by atoms with E-state index in [0.29, 0.717) is 0 Å². The first-order chi connectivity index (χ1) is 1.91. The fourth-order valence-electron chi connectivity index (χ4n) is 0. The molecule has 0 amide bonds. The van der Waals surface area contributed by atoms with Crippen molar-refractivity contribution in [3.63, 3.8) is 0 Å². The minimum atomic E-state index is 1.25. The molecule has 0 rings (SSSR count). The van der Waals surface area contributed by atoms with Gasteiger partial charge in [0, 0.05) is 7.05 Å². The summed E-state index contributed by atoms with van der Waals surface area (Å²) in [5, 5.41) is 0. The zero-order valence-electron chi connectivity index (χ0n) is 2.60. The van der Waals surface area contributed by atoms with Crippen molar-refractivity contribution in [1.82, 2.24) is 0 Å². The number of rotatable bonds is 0. The first-order valence-electron chi connectivity index (χ1n) is 1.04. The molecule has 0 saturated heterocycles. The summed E-state index contributed by atoms with van der Waals surface area (Å²) in [6.07, 6.45) is 1.25. The van der Waals surface area contributed by atoms with Crippen LogP contribution in [0.1, 0.15) is 0 Å². The highest BCUT2D eigenvalue weighted by molar-refractivity contribution is 6.49. The van der Waals surface area contributed by atoms with Crippen LogP contribution in [0, 0.1) is 0 Å². The van der Waals surface area contributed by atoms with E-state index in [9.17, 15) is 0 Å². The second-order valence-corrected chi connectivity index (χ2v) is 0.407. The molecule has 2 radical (unpaired) electrons. The molecule has 0 aliphatic carbocycles. The van der Waals surface area contributed by atoms with Crippen LogP contribution >= 0.6 is 0 Å². The Morgan fingerprint density at radius 3 is 2.25 bits per heavy atom. The van der Waals surface area contributed by atoms with Gasteiger partial charge in [-0.25, -0.2) is 0 Å². The van der Waals surface area contributed by atoms with Crippen LogP contribution < -0.4 is 0 Å². The molecule has 0 heterocycles. The minimum absolute atomic E-state index is 1.25. The Kier molecular flexibility index (Phi) is 2.55. The summed E-state index contributed by atoms with van der Waals surface area (Å²) in [7, 11) is 6.36. The van der Waals surface area contributed by atoms with E-state index in [1.54, 1.807) is 7.05 Å². The van der Waals surface area contributed by atoms with Gasteiger partial charge in [-0.1, -0.05) is 6.11 Å². The smallest absolute Gasteiger partial charge is 0.129 e. The van der Waals surface area contributed by atoms with Gasteiger partial charge in [0.05, 0.1) is 0 Å². The number of hydrogen-bond donors (Lipinski definition) is 0. The van der Waals surface area contributed by atoms with E-state index in [-0.39, 0.29) is 0 Å².